The van der Waals surface area contributed by atoms with Gasteiger partial charge in [0.2, 0.25) is 0 Å². The van der Waals surface area contributed by atoms with Gasteiger partial charge in [-0.1, -0.05) is 151 Å². The summed E-state index contributed by atoms with van der Waals surface area (Å²) in [4.78, 5) is 15.5. The maximum Gasteiger partial charge on any atom is 0.164 e. The molecule has 0 saturated carbocycles. The molecule has 0 N–H and O–H groups in total. The van der Waals surface area contributed by atoms with E-state index in [1.165, 1.54) is 44.5 Å². The van der Waals surface area contributed by atoms with Crippen LogP contribution in [0, 0.1) is 0 Å². The molecule has 1 aromatic heterocycles. The van der Waals surface area contributed by atoms with Crippen LogP contribution in [0.1, 0.15) is 63.8 Å². The van der Waals surface area contributed by atoms with Crippen molar-refractivity contribution in [2.24, 2.45) is 0 Å². The van der Waals surface area contributed by atoms with Crippen molar-refractivity contribution in [1.29, 1.82) is 0 Å². The molecule has 0 radical (unpaired) electrons. The first-order valence-corrected chi connectivity index (χ1v) is 15.9. The topological polar surface area (TPSA) is 38.7 Å². The summed E-state index contributed by atoms with van der Waals surface area (Å²) in [5.41, 5.74) is 13.2. The van der Waals surface area contributed by atoms with Gasteiger partial charge in [0, 0.05) is 22.1 Å². The van der Waals surface area contributed by atoms with Crippen LogP contribution in [0.25, 0.3) is 56.4 Å². The van der Waals surface area contributed by atoms with Crippen LogP contribution in [0.5, 0.6) is 0 Å². The van der Waals surface area contributed by atoms with Crippen molar-refractivity contribution in [2.45, 2.75) is 57.8 Å². The van der Waals surface area contributed by atoms with Crippen LogP contribution in [-0.2, 0) is 16.2 Å². The lowest BCUT2D eigenvalue weighted by Crippen LogP contribution is -2.43. The predicted octanol–water partition coefficient (Wildman–Crippen LogP) is 10.4. The zero-order valence-electron chi connectivity index (χ0n) is 26.8. The quantitative estimate of drug-likeness (QED) is 0.208. The molecular weight excluding hydrogens is 546 g/mol. The molecule has 0 fully saturated rings. The molecule has 220 valence electrons. The third kappa shape index (κ3) is 3.93. The Balaban J connectivity index is 1.37. The number of hydrogen-bond acceptors (Lipinski definition) is 3. The summed E-state index contributed by atoms with van der Waals surface area (Å²) < 4.78 is 0. The highest BCUT2D eigenvalue weighted by Gasteiger charge is 2.46. The number of rotatable bonds is 3. The van der Waals surface area contributed by atoms with Crippen molar-refractivity contribution >= 4 is 0 Å². The average Bonchev–Trinajstić information content (AvgIpc) is 3.30. The first kappa shape index (κ1) is 27.6. The molecular formula is C42H37N3. The normalized spacial score (nSPS) is 16.3. The van der Waals surface area contributed by atoms with Crippen LogP contribution < -0.4 is 0 Å². The highest BCUT2D eigenvalue weighted by atomic mass is 15.0. The molecule has 0 spiro atoms. The zero-order chi connectivity index (χ0) is 31.1. The highest BCUT2D eigenvalue weighted by Crippen LogP contribution is 2.55. The van der Waals surface area contributed by atoms with Gasteiger partial charge >= 0.3 is 0 Å². The Morgan fingerprint density at radius 1 is 0.378 bits per heavy atom. The van der Waals surface area contributed by atoms with E-state index >= 15 is 0 Å². The number of hydrogen-bond donors (Lipinski definition) is 0. The summed E-state index contributed by atoms with van der Waals surface area (Å²) in [6.45, 7) is 14.1. The summed E-state index contributed by atoms with van der Waals surface area (Å²) in [6, 6.07) is 41.2. The van der Waals surface area contributed by atoms with Crippen molar-refractivity contribution < 1.29 is 0 Å². The molecule has 0 amide bonds. The van der Waals surface area contributed by atoms with Crippen LogP contribution >= 0.6 is 0 Å². The van der Waals surface area contributed by atoms with E-state index in [2.05, 4.69) is 139 Å². The van der Waals surface area contributed by atoms with Crippen molar-refractivity contribution in [3.05, 3.63) is 138 Å². The summed E-state index contributed by atoms with van der Waals surface area (Å²) in [7, 11) is 0. The Bertz CT molecular complexity index is 2140. The van der Waals surface area contributed by atoms with Crippen LogP contribution in [0.3, 0.4) is 0 Å². The van der Waals surface area contributed by atoms with Gasteiger partial charge in [0.25, 0.3) is 0 Å². The van der Waals surface area contributed by atoms with Crippen LogP contribution in [0.4, 0.5) is 0 Å². The zero-order valence-corrected chi connectivity index (χ0v) is 26.8. The second-order valence-electron chi connectivity index (χ2n) is 14.1. The number of fused-ring (bicyclic) bond motifs is 6. The molecule has 2 aliphatic carbocycles. The number of nitrogens with zero attached hydrogens (tertiary/aromatic N) is 3. The van der Waals surface area contributed by atoms with Gasteiger partial charge in [0.05, 0.1) is 0 Å². The summed E-state index contributed by atoms with van der Waals surface area (Å²) >= 11 is 0. The molecule has 3 heteroatoms. The maximum absolute atomic E-state index is 5.25. The number of benzene rings is 5. The lowest BCUT2D eigenvalue weighted by molar-refractivity contribution is 0.299. The molecule has 5 aromatic carbocycles. The van der Waals surface area contributed by atoms with Gasteiger partial charge < -0.3 is 0 Å². The van der Waals surface area contributed by atoms with E-state index in [0.717, 1.165) is 16.7 Å². The van der Waals surface area contributed by atoms with E-state index in [1.807, 2.05) is 18.2 Å². The molecule has 6 aromatic rings. The van der Waals surface area contributed by atoms with E-state index in [-0.39, 0.29) is 16.2 Å². The van der Waals surface area contributed by atoms with E-state index in [0.29, 0.717) is 17.5 Å². The fourth-order valence-corrected chi connectivity index (χ4v) is 7.65. The van der Waals surface area contributed by atoms with E-state index in [9.17, 15) is 0 Å². The SMILES string of the molecule is CC1(C)c2ccccc2-c2c(-c3nc(-c4ccccc4)nc(-c4ccc5c(c4)C(C)(C)C(C)(C)c4ccccc4-5)n3)cccc21. The second-order valence-corrected chi connectivity index (χ2v) is 14.1. The predicted molar refractivity (Wildman–Crippen MR) is 185 cm³/mol. The van der Waals surface area contributed by atoms with Gasteiger partial charge in [-0.2, -0.15) is 0 Å². The Labute approximate surface area is 266 Å². The first-order valence-electron chi connectivity index (χ1n) is 15.9. The molecule has 0 unspecified atom stereocenters. The minimum absolute atomic E-state index is 0.0561. The Kier molecular flexibility index (Phi) is 5.87. The van der Waals surface area contributed by atoms with Crippen molar-refractivity contribution in [3.8, 4) is 56.4 Å². The van der Waals surface area contributed by atoms with E-state index < -0.39 is 0 Å². The fourth-order valence-electron chi connectivity index (χ4n) is 7.65. The van der Waals surface area contributed by atoms with Crippen molar-refractivity contribution in [2.75, 3.05) is 0 Å². The fraction of sp³-hybridized carbons (Fsp3) is 0.214. The summed E-state index contributed by atoms with van der Waals surface area (Å²) in [5, 5.41) is 0. The standard InChI is InChI=1S/C42H37N3/c1-40(2)32-20-12-11-18-30(32)36-31(19-14-22-34(36)40)39-44-37(26-15-8-7-9-16-26)43-38(45-39)27-23-24-29-28-17-10-13-21-33(28)41(3,4)42(5,6)35(29)25-27/h7-25H,1-6H3. The molecule has 0 atom stereocenters. The Morgan fingerprint density at radius 3 is 1.67 bits per heavy atom. The van der Waals surface area contributed by atoms with Crippen LogP contribution in [-0.4, -0.2) is 15.0 Å². The average molecular weight is 584 g/mol. The largest absolute Gasteiger partial charge is 0.208 e. The molecule has 45 heavy (non-hydrogen) atoms. The Morgan fingerprint density at radius 2 is 0.911 bits per heavy atom. The summed E-state index contributed by atoms with van der Waals surface area (Å²) in [5.74, 6) is 2.07. The summed E-state index contributed by atoms with van der Waals surface area (Å²) in [6.07, 6.45) is 0. The van der Waals surface area contributed by atoms with E-state index in [1.54, 1.807) is 0 Å². The molecule has 3 nitrogen and oxygen atoms in total. The number of aromatic nitrogens is 3. The monoisotopic (exact) mass is 583 g/mol. The smallest absolute Gasteiger partial charge is 0.164 e. The van der Waals surface area contributed by atoms with Gasteiger partial charge in [-0.3, -0.25) is 0 Å². The van der Waals surface area contributed by atoms with E-state index in [4.69, 9.17) is 15.0 Å². The van der Waals surface area contributed by atoms with Crippen LogP contribution in [0.2, 0.25) is 0 Å². The van der Waals surface area contributed by atoms with Crippen molar-refractivity contribution in [1.82, 2.24) is 15.0 Å². The van der Waals surface area contributed by atoms with Gasteiger partial charge in [-0.15, -0.1) is 0 Å². The van der Waals surface area contributed by atoms with Gasteiger partial charge in [0.1, 0.15) is 0 Å². The molecule has 2 aliphatic rings. The highest BCUT2D eigenvalue weighted by molar-refractivity contribution is 5.91. The molecule has 0 bridgehead atoms. The molecule has 1 heterocycles. The lowest BCUT2D eigenvalue weighted by atomic mass is 9.55. The van der Waals surface area contributed by atoms with Gasteiger partial charge in [-0.05, 0) is 61.4 Å². The maximum atomic E-state index is 5.25. The third-order valence-corrected chi connectivity index (χ3v) is 10.9. The van der Waals surface area contributed by atoms with Gasteiger partial charge in [-0.25, -0.2) is 15.0 Å². The van der Waals surface area contributed by atoms with Gasteiger partial charge in [0.15, 0.2) is 17.5 Å². The molecule has 0 aliphatic heterocycles. The molecule has 8 rings (SSSR count). The van der Waals surface area contributed by atoms with Crippen LogP contribution in [0.15, 0.2) is 115 Å². The lowest BCUT2D eigenvalue weighted by Gasteiger charge is -2.48. The Hall–Kier alpha value is -4.89. The third-order valence-electron chi connectivity index (χ3n) is 10.9. The second kappa shape index (κ2) is 9.55. The minimum Gasteiger partial charge on any atom is -0.208 e. The van der Waals surface area contributed by atoms with Crippen molar-refractivity contribution in [3.63, 3.8) is 0 Å². The first-order chi connectivity index (χ1) is 21.6. The molecule has 0 saturated heterocycles. The minimum atomic E-state index is -0.111.